The third-order valence-electron chi connectivity index (χ3n) is 1.56. The highest BCUT2D eigenvalue weighted by molar-refractivity contribution is 8.21. The minimum Gasteiger partial charge on any atom is -0.122 e. The highest BCUT2D eigenvalue weighted by Crippen LogP contribution is 2.22. The van der Waals surface area contributed by atoms with Crippen LogP contribution in [0, 0.1) is 13.8 Å². The van der Waals surface area contributed by atoms with Crippen LogP contribution in [0.2, 0.25) is 0 Å². The molecule has 1 heterocycles. The predicted molar refractivity (Wildman–Crippen MR) is 65.1 cm³/mol. The van der Waals surface area contributed by atoms with Crippen LogP contribution in [0.5, 0.6) is 0 Å². The Morgan fingerprint density at radius 2 is 1.54 bits per heavy atom. The van der Waals surface area contributed by atoms with E-state index in [9.17, 15) is 0 Å². The second kappa shape index (κ2) is 6.17. The molecule has 0 amide bonds. The third-order valence-corrected chi connectivity index (χ3v) is 3.48. The maximum absolute atomic E-state index is 2.17. The molecule has 2 rings (SSSR count). The van der Waals surface area contributed by atoms with Gasteiger partial charge in [0.25, 0.3) is 0 Å². The molecular formula is C11H14S2. The first-order valence-corrected chi connectivity index (χ1v) is 6.30. The van der Waals surface area contributed by atoms with Crippen LogP contribution in [0.4, 0.5) is 0 Å². The molecule has 0 nitrogen and oxygen atoms in total. The number of hydrogen-bond donors (Lipinski definition) is 0. The van der Waals surface area contributed by atoms with Crippen molar-refractivity contribution >= 4 is 23.5 Å². The van der Waals surface area contributed by atoms with Gasteiger partial charge in [0.2, 0.25) is 0 Å². The Hall–Kier alpha value is -0.340. The molecule has 0 aliphatic carbocycles. The molecule has 1 aromatic carbocycles. The number of benzene rings is 1. The lowest BCUT2D eigenvalue weighted by molar-refractivity contribution is 1.39. The zero-order valence-electron chi connectivity index (χ0n) is 7.99. The second-order valence-electron chi connectivity index (χ2n) is 2.88. The van der Waals surface area contributed by atoms with Gasteiger partial charge in [-0.25, -0.2) is 0 Å². The molecule has 0 saturated heterocycles. The topological polar surface area (TPSA) is 0 Å². The van der Waals surface area contributed by atoms with Gasteiger partial charge in [0.1, 0.15) is 0 Å². The molecule has 1 aliphatic rings. The SMILES string of the molecule is C1=CSCS1.Cc1cccc(C)c1. The van der Waals surface area contributed by atoms with E-state index in [2.05, 4.69) is 48.9 Å². The van der Waals surface area contributed by atoms with Crippen molar-refractivity contribution in [3.8, 4) is 0 Å². The monoisotopic (exact) mass is 210 g/mol. The minimum atomic E-state index is 1.22. The summed E-state index contributed by atoms with van der Waals surface area (Å²) >= 11 is 3.71. The van der Waals surface area contributed by atoms with E-state index >= 15 is 0 Å². The maximum atomic E-state index is 2.17. The van der Waals surface area contributed by atoms with Crippen LogP contribution in [0.15, 0.2) is 35.1 Å². The van der Waals surface area contributed by atoms with Crippen LogP contribution < -0.4 is 0 Å². The summed E-state index contributed by atoms with van der Waals surface area (Å²) in [6.45, 7) is 4.21. The first-order chi connectivity index (χ1) is 6.29. The van der Waals surface area contributed by atoms with E-state index in [4.69, 9.17) is 0 Å². The zero-order chi connectivity index (χ0) is 9.52. The highest BCUT2D eigenvalue weighted by Gasteiger charge is 1.85. The number of rotatable bonds is 0. The molecular weight excluding hydrogens is 196 g/mol. The quantitative estimate of drug-likeness (QED) is 0.629. The van der Waals surface area contributed by atoms with Crippen molar-refractivity contribution in [1.82, 2.24) is 0 Å². The van der Waals surface area contributed by atoms with Gasteiger partial charge in [0, 0.05) is 5.08 Å². The normalized spacial score (nSPS) is 13.7. The summed E-state index contributed by atoms with van der Waals surface area (Å²) in [7, 11) is 0. The summed E-state index contributed by atoms with van der Waals surface area (Å²) in [6, 6.07) is 8.45. The van der Waals surface area contributed by atoms with Gasteiger partial charge in [-0.1, -0.05) is 35.4 Å². The number of thioether (sulfide) groups is 2. The zero-order valence-corrected chi connectivity index (χ0v) is 9.62. The van der Waals surface area contributed by atoms with Crippen molar-refractivity contribution in [3.63, 3.8) is 0 Å². The fraction of sp³-hybridized carbons (Fsp3) is 0.273. The molecule has 2 heteroatoms. The molecule has 0 saturated carbocycles. The lowest BCUT2D eigenvalue weighted by atomic mass is 10.2. The summed E-state index contributed by atoms with van der Waals surface area (Å²) in [5.41, 5.74) is 2.68. The van der Waals surface area contributed by atoms with Gasteiger partial charge in [-0.05, 0) is 24.7 Å². The largest absolute Gasteiger partial charge is 0.122 e. The summed E-state index contributed by atoms with van der Waals surface area (Å²) < 4.78 is 0. The van der Waals surface area contributed by atoms with Crippen molar-refractivity contribution < 1.29 is 0 Å². The van der Waals surface area contributed by atoms with E-state index in [1.54, 1.807) is 0 Å². The first-order valence-electron chi connectivity index (χ1n) is 4.20. The van der Waals surface area contributed by atoms with Crippen molar-refractivity contribution in [2.24, 2.45) is 0 Å². The van der Waals surface area contributed by atoms with E-state index in [0.717, 1.165) is 0 Å². The predicted octanol–water partition coefficient (Wildman–Crippen LogP) is 4.20. The maximum Gasteiger partial charge on any atom is 0.0475 e. The van der Waals surface area contributed by atoms with E-state index in [1.807, 2.05) is 23.5 Å². The second-order valence-corrected chi connectivity index (χ2v) is 5.04. The summed E-state index contributed by atoms with van der Waals surface area (Å²) in [5, 5.41) is 5.45. The molecule has 1 aliphatic heterocycles. The molecule has 0 spiro atoms. The van der Waals surface area contributed by atoms with Crippen LogP contribution >= 0.6 is 23.5 Å². The molecule has 0 bridgehead atoms. The highest BCUT2D eigenvalue weighted by atomic mass is 32.2. The minimum absolute atomic E-state index is 1.22. The van der Waals surface area contributed by atoms with Gasteiger partial charge in [-0.3, -0.25) is 0 Å². The van der Waals surface area contributed by atoms with Crippen LogP contribution in [0.25, 0.3) is 0 Å². The molecule has 0 fully saturated rings. The summed E-state index contributed by atoms with van der Waals surface area (Å²) in [4.78, 5) is 0. The van der Waals surface area contributed by atoms with E-state index in [1.165, 1.54) is 16.2 Å². The summed E-state index contributed by atoms with van der Waals surface area (Å²) in [5.74, 6) is 0. The van der Waals surface area contributed by atoms with Crippen LogP contribution in [0.1, 0.15) is 11.1 Å². The van der Waals surface area contributed by atoms with Crippen molar-refractivity contribution in [3.05, 3.63) is 46.2 Å². The van der Waals surface area contributed by atoms with Crippen LogP contribution in [-0.4, -0.2) is 5.08 Å². The van der Waals surface area contributed by atoms with Crippen molar-refractivity contribution in [1.29, 1.82) is 0 Å². The van der Waals surface area contributed by atoms with Gasteiger partial charge in [0.15, 0.2) is 0 Å². The van der Waals surface area contributed by atoms with E-state index in [-0.39, 0.29) is 0 Å². The fourth-order valence-electron chi connectivity index (χ4n) is 1.00. The van der Waals surface area contributed by atoms with E-state index in [0.29, 0.717) is 0 Å². The average molecular weight is 210 g/mol. The molecule has 0 atom stereocenters. The standard InChI is InChI=1S/C8H10.C3H4S2/c1-7-4-3-5-8(2)6-7;1-2-5-3-4-1/h3-6H,1-2H3;1-2H,3H2. The third kappa shape index (κ3) is 5.06. The Balaban J connectivity index is 0.000000145. The molecule has 1 aromatic rings. The van der Waals surface area contributed by atoms with Gasteiger partial charge in [-0.15, -0.1) is 23.5 Å². The average Bonchev–Trinajstić information content (AvgIpc) is 2.59. The Morgan fingerprint density at radius 1 is 1.00 bits per heavy atom. The lowest BCUT2D eigenvalue weighted by Crippen LogP contribution is -1.71. The van der Waals surface area contributed by atoms with Crippen molar-refractivity contribution in [2.75, 3.05) is 5.08 Å². The fourth-order valence-corrected chi connectivity index (χ4v) is 2.57. The smallest absolute Gasteiger partial charge is 0.0475 e. The van der Waals surface area contributed by atoms with Gasteiger partial charge < -0.3 is 0 Å². The Labute approximate surface area is 88.8 Å². The lowest BCUT2D eigenvalue weighted by Gasteiger charge is -1.90. The van der Waals surface area contributed by atoms with E-state index < -0.39 is 0 Å². The van der Waals surface area contributed by atoms with Crippen LogP contribution in [0.3, 0.4) is 0 Å². The van der Waals surface area contributed by atoms with Crippen LogP contribution in [-0.2, 0) is 0 Å². The first kappa shape index (κ1) is 10.7. The Kier molecular flexibility index (Phi) is 5.09. The molecule has 70 valence electrons. The molecule has 0 N–H and O–H groups in total. The number of hydrogen-bond acceptors (Lipinski definition) is 2. The number of aryl methyl sites for hydroxylation is 2. The summed E-state index contributed by atoms with van der Waals surface area (Å²) in [6.07, 6.45) is 0. The molecule has 0 radical (unpaired) electrons. The Bertz CT molecular complexity index is 256. The Morgan fingerprint density at radius 3 is 1.77 bits per heavy atom. The van der Waals surface area contributed by atoms with Gasteiger partial charge in [0.05, 0.1) is 0 Å². The van der Waals surface area contributed by atoms with Gasteiger partial charge in [-0.2, -0.15) is 0 Å². The van der Waals surface area contributed by atoms with Gasteiger partial charge >= 0.3 is 0 Å². The molecule has 13 heavy (non-hydrogen) atoms. The van der Waals surface area contributed by atoms with Crippen molar-refractivity contribution in [2.45, 2.75) is 13.8 Å². The molecule has 0 unspecified atom stereocenters. The molecule has 0 aromatic heterocycles.